The highest BCUT2D eigenvalue weighted by molar-refractivity contribution is 7.12. The summed E-state index contributed by atoms with van der Waals surface area (Å²) in [6, 6.07) is 7.93. The van der Waals surface area contributed by atoms with Gasteiger partial charge in [-0.05, 0) is 42.1 Å². The minimum Gasteiger partial charge on any atom is -0.288 e. The Hall–Kier alpha value is -1.48. The van der Waals surface area contributed by atoms with Gasteiger partial charge in [0, 0.05) is 5.56 Å². The van der Waals surface area contributed by atoms with E-state index in [4.69, 9.17) is 0 Å². The van der Waals surface area contributed by atoms with E-state index in [2.05, 4.69) is 0 Å². The number of hydrogen-bond acceptors (Lipinski definition) is 2. The van der Waals surface area contributed by atoms with Gasteiger partial charge in [0.25, 0.3) is 0 Å². The summed E-state index contributed by atoms with van der Waals surface area (Å²) in [7, 11) is 0. The fraction of sp³-hybridized carbons (Fsp3) is 0.0833. The summed E-state index contributed by atoms with van der Waals surface area (Å²) in [5.41, 5.74) is 1.17. The molecule has 1 aromatic carbocycles. The van der Waals surface area contributed by atoms with Crippen LogP contribution in [0.5, 0.6) is 0 Å². The second kappa shape index (κ2) is 3.95. The number of ketones is 1. The quantitative estimate of drug-likeness (QED) is 0.709. The van der Waals surface area contributed by atoms with Crippen LogP contribution in [-0.2, 0) is 0 Å². The minimum atomic E-state index is -0.366. The SMILES string of the molecule is Cc1cc(F)cc(C(=O)c2cccs2)c1. The van der Waals surface area contributed by atoms with Crippen LogP contribution in [0.1, 0.15) is 20.8 Å². The Bertz CT molecular complexity index is 468. The molecule has 76 valence electrons. The molecular formula is C12H9FOS. The second-order valence-electron chi connectivity index (χ2n) is 3.32. The summed E-state index contributed by atoms with van der Waals surface area (Å²) >= 11 is 1.37. The van der Waals surface area contributed by atoms with E-state index in [9.17, 15) is 9.18 Å². The summed E-state index contributed by atoms with van der Waals surface area (Å²) in [5, 5.41) is 1.83. The van der Waals surface area contributed by atoms with Crippen molar-refractivity contribution in [2.45, 2.75) is 6.92 Å². The van der Waals surface area contributed by atoms with Gasteiger partial charge in [0.2, 0.25) is 5.78 Å². The van der Waals surface area contributed by atoms with Crippen molar-refractivity contribution in [1.82, 2.24) is 0 Å². The molecule has 1 aromatic heterocycles. The zero-order chi connectivity index (χ0) is 10.8. The summed E-state index contributed by atoms with van der Waals surface area (Å²) in [4.78, 5) is 12.5. The Morgan fingerprint density at radius 1 is 1.33 bits per heavy atom. The topological polar surface area (TPSA) is 17.1 Å². The van der Waals surface area contributed by atoms with Crippen LogP contribution in [0.3, 0.4) is 0 Å². The third-order valence-electron chi connectivity index (χ3n) is 2.05. The van der Waals surface area contributed by atoms with E-state index in [1.165, 1.54) is 23.5 Å². The number of carbonyl (C=O) groups excluding carboxylic acids is 1. The van der Waals surface area contributed by atoms with E-state index in [0.717, 1.165) is 5.56 Å². The first-order valence-corrected chi connectivity index (χ1v) is 5.40. The standard InChI is InChI=1S/C12H9FOS/c1-8-5-9(7-10(13)6-8)12(14)11-3-2-4-15-11/h2-7H,1H3. The maximum Gasteiger partial charge on any atom is 0.203 e. The van der Waals surface area contributed by atoms with Crippen LogP contribution < -0.4 is 0 Å². The van der Waals surface area contributed by atoms with Gasteiger partial charge in [-0.1, -0.05) is 6.07 Å². The Morgan fingerprint density at radius 2 is 2.13 bits per heavy atom. The number of aryl methyl sites for hydroxylation is 1. The van der Waals surface area contributed by atoms with Crippen LogP contribution in [0.25, 0.3) is 0 Å². The van der Waals surface area contributed by atoms with Gasteiger partial charge in [0.05, 0.1) is 4.88 Å². The third kappa shape index (κ3) is 2.13. The molecule has 0 atom stereocenters. The molecule has 0 unspecified atom stereocenters. The monoisotopic (exact) mass is 220 g/mol. The second-order valence-corrected chi connectivity index (χ2v) is 4.27. The van der Waals surface area contributed by atoms with Crippen molar-refractivity contribution in [3.05, 3.63) is 57.5 Å². The van der Waals surface area contributed by atoms with Gasteiger partial charge in [-0.25, -0.2) is 4.39 Å². The normalized spacial score (nSPS) is 10.3. The lowest BCUT2D eigenvalue weighted by atomic mass is 10.1. The molecule has 0 aliphatic rings. The molecule has 0 aliphatic carbocycles. The molecule has 3 heteroatoms. The highest BCUT2D eigenvalue weighted by atomic mass is 32.1. The maximum atomic E-state index is 13.1. The van der Waals surface area contributed by atoms with E-state index in [1.54, 1.807) is 19.1 Å². The average molecular weight is 220 g/mol. The predicted octanol–water partition coefficient (Wildman–Crippen LogP) is 3.43. The van der Waals surface area contributed by atoms with Crippen LogP contribution in [0.15, 0.2) is 35.7 Å². The number of halogens is 1. The van der Waals surface area contributed by atoms with Crippen molar-refractivity contribution in [3.8, 4) is 0 Å². The molecule has 0 N–H and O–H groups in total. The van der Waals surface area contributed by atoms with Crippen molar-refractivity contribution in [2.24, 2.45) is 0 Å². The van der Waals surface area contributed by atoms with Crippen LogP contribution >= 0.6 is 11.3 Å². The lowest BCUT2D eigenvalue weighted by Gasteiger charge is -2.00. The predicted molar refractivity (Wildman–Crippen MR) is 58.9 cm³/mol. The first-order valence-electron chi connectivity index (χ1n) is 4.52. The molecule has 0 aliphatic heterocycles. The molecule has 0 radical (unpaired) electrons. The van der Waals surface area contributed by atoms with Gasteiger partial charge in [-0.3, -0.25) is 4.79 Å². The minimum absolute atomic E-state index is 0.118. The molecule has 0 saturated heterocycles. The fourth-order valence-corrected chi connectivity index (χ4v) is 2.10. The van der Waals surface area contributed by atoms with Gasteiger partial charge < -0.3 is 0 Å². The highest BCUT2D eigenvalue weighted by Gasteiger charge is 2.11. The van der Waals surface area contributed by atoms with Crippen molar-refractivity contribution < 1.29 is 9.18 Å². The van der Waals surface area contributed by atoms with Crippen molar-refractivity contribution in [2.75, 3.05) is 0 Å². The maximum absolute atomic E-state index is 13.1. The van der Waals surface area contributed by atoms with Crippen molar-refractivity contribution >= 4 is 17.1 Å². The lowest BCUT2D eigenvalue weighted by Crippen LogP contribution is -1.99. The Morgan fingerprint density at radius 3 is 2.73 bits per heavy atom. The van der Waals surface area contributed by atoms with E-state index in [-0.39, 0.29) is 11.6 Å². The van der Waals surface area contributed by atoms with Crippen LogP contribution in [0.4, 0.5) is 4.39 Å². The molecule has 0 amide bonds. The number of carbonyl (C=O) groups is 1. The number of rotatable bonds is 2. The van der Waals surface area contributed by atoms with Gasteiger partial charge in [0.1, 0.15) is 5.82 Å². The lowest BCUT2D eigenvalue weighted by molar-refractivity contribution is 0.104. The molecule has 0 saturated carbocycles. The average Bonchev–Trinajstić information content (AvgIpc) is 2.67. The van der Waals surface area contributed by atoms with Gasteiger partial charge in [-0.2, -0.15) is 0 Å². The number of benzene rings is 1. The summed E-state index contributed by atoms with van der Waals surface area (Å²) < 4.78 is 13.1. The number of hydrogen-bond donors (Lipinski definition) is 0. The van der Waals surface area contributed by atoms with Crippen LogP contribution in [0, 0.1) is 12.7 Å². The Kier molecular flexibility index (Phi) is 2.64. The van der Waals surface area contributed by atoms with Crippen LogP contribution in [0.2, 0.25) is 0 Å². The van der Waals surface area contributed by atoms with E-state index < -0.39 is 0 Å². The van der Waals surface area contributed by atoms with Crippen molar-refractivity contribution in [3.63, 3.8) is 0 Å². The molecular weight excluding hydrogens is 211 g/mol. The first kappa shape index (κ1) is 10.1. The van der Waals surface area contributed by atoms with Gasteiger partial charge >= 0.3 is 0 Å². The first-order chi connectivity index (χ1) is 7.16. The van der Waals surface area contributed by atoms with Gasteiger partial charge in [0.15, 0.2) is 0 Å². The molecule has 2 aromatic rings. The summed E-state index contributed by atoms with van der Waals surface area (Å²) in [5.74, 6) is -0.484. The summed E-state index contributed by atoms with van der Waals surface area (Å²) in [6.45, 7) is 1.77. The Balaban J connectivity index is 2.42. The molecule has 1 heterocycles. The van der Waals surface area contributed by atoms with Gasteiger partial charge in [-0.15, -0.1) is 11.3 Å². The zero-order valence-corrected chi connectivity index (χ0v) is 8.98. The molecule has 0 bridgehead atoms. The van der Waals surface area contributed by atoms with Crippen molar-refractivity contribution in [1.29, 1.82) is 0 Å². The zero-order valence-electron chi connectivity index (χ0n) is 8.16. The molecule has 2 rings (SSSR count). The third-order valence-corrected chi connectivity index (χ3v) is 2.92. The Labute approximate surface area is 91.2 Å². The largest absolute Gasteiger partial charge is 0.288 e. The molecule has 1 nitrogen and oxygen atoms in total. The summed E-state index contributed by atoms with van der Waals surface area (Å²) in [6.07, 6.45) is 0. The number of thiophene rings is 1. The van der Waals surface area contributed by atoms with Crippen LogP contribution in [-0.4, -0.2) is 5.78 Å². The smallest absolute Gasteiger partial charge is 0.203 e. The fourth-order valence-electron chi connectivity index (χ4n) is 1.42. The van der Waals surface area contributed by atoms with E-state index in [1.807, 2.05) is 11.4 Å². The molecule has 15 heavy (non-hydrogen) atoms. The van der Waals surface area contributed by atoms with E-state index in [0.29, 0.717) is 10.4 Å². The molecule has 0 fully saturated rings. The van der Waals surface area contributed by atoms with E-state index >= 15 is 0 Å². The molecule has 0 spiro atoms. The highest BCUT2D eigenvalue weighted by Crippen LogP contribution is 2.17.